The highest BCUT2D eigenvalue weighted by molar-refractivity contribution is 5.99. The summed E-state index contributed by atoms with van der Waals surface area (Å²) >= 11 is 0. The molecule has 1 atom stereocenters. The Bertz CT molecular complexity index is 776. The molecule has 0 bridgehead atoms. The van der Waals surface area contributed by atoms with Gasteiger partial charge in [0.2, 0.25) is 0 Å². The van der Waals surface area contributed by atoms with Crippen LogP contribution in [0.3, 0.4) is 0 Å². The Balaban J connectivity index is 1.77. The van der Waals surface area contributed by atoms with Crippen LogP contribution < -0.4 is 15.4 Å². The summed E-state index contributed by atoms with van der Waals surface area (Å²) in [5.74, 6) is -0.479. The van der Waals surface area contributed by atoms with E-state index in [1.807, 2.05) is 0 Å². The minimum Gasteiger partial charge on any atom is -0.482 e. The van der Waals surface area contributed by atoms with Gasteiger partial charge in [-0.25, -0.2) is 4.39 Å². The van der Waals surface area contributed by atoms with Crippen molar-refractivity contribution >= 4 is 17.5 Å². The fraction of sp³-hybridized carbons (Fsp3) is 0.176. The molecule has 1 aliphatic rings. The standard InChI is InChI=1S/C17H15FN2O3/c1-10(12-4-2-3-5-13(12)18)19-17(22)11-6-7-15-14(8-11)20-16(21)9-23-15/h2-8,10H,9H2,1H3,(H,19,22)(H,20,21)/t10-/m1/s1. The highest BCUT2D eigenvalue weighted by atomic mass is 19.1. The van der Waals surface area contributed by atoms with Crippen LogP contribution in [0.15, 0.2) is 42.5 Å². The number of anilines is 1. The van der Waals surface area contributed by atoms with Crippen LogP contribution in [0.1, 0.15) is 28.9 Å². The molecule has 0 aromatic heterocycles. The lowest BCUT2D eigenvalue weighted by Gasteiger charge is -2.19. The third-order valence-electron chi connectivity index (χ3n) is 3.59. The van der Waals surface area contributed by atoms with Crippen molar-refractivity contribution in [2.75, 3.05) is 11.9 Å². The lowest BCUT2D eigenvalue weighted by molar-refractivity contribution is -0.118. The second-order valence-electron chi connectivity index (χ2n) is 5.26. The Morgan fingerprint density at radius 2 is 2.09 bits per heavy atom. The first-order valence-corrected chi connectivity index (χ1v) is 7.16. The third kappa shape index (κ3) is 3.15. The third-order valence-corrected chi connectivity index (χ3v) is 3.59. The zero-order chi connectivity index (χ0) is 16.4. The van der Waals surface area contributed by atoms with Gasteiger partial charge in [-0.1, -0.05) is 18.2 Å². The van der Waals surface area contributed by atoms with Crippen molar-refractivity contribution in [1.29, 1.82) is 0 Å². The summed E-state index contributed by atoms with van der Waals surface area (Å²) < 4.78 is 19.0. The number of rotatable bonds is 3. The molecule has 0 fully saturated rings. The number of carbonyl (C=O) groups excluding carboxylic acids is 2. The molecule has 3 rings (SSSR count). The minimum atomic E-state index is -0.481. The van der Waals surface area contributed by atoms with Crippen molar-refractivity contribution in [3.05, 3.63) is 59.4 Å². The Labute approximate surface area is 132 Å². The molecular weight excluding hydrogens is 299 g/mol. The van der Waals surface area contributed by atoms with Gasteiger partial charge < -0.3 is 15.4 Å². The van der Waals surface area contributed by atoms with E-state index in [1.54, 1.807) is 37.3 Å². The molecule has 0 saturated heterocycles. The van der Waals surface area contributed by atoms with E-state index in [0.29, 0.717) is 22.6 Å². The van der Waals surface area contributed by atoms with Crippen LogP contribution in [0.5, 0.6) is 5.75 Å². The predicted octanol–water partition coefficient (Wildman–Crippen LogP) is 2.65. The van der Waals surface area contributed by atoms with E-state index in [9.17, 15) is 14.0 Å². The van der Waals surface area contributed by atoms with Gasteiger partial charge in [0, 0.05) is 11.1 Å². The Kier molecular flexibility index (Phi) is 3.97. The number of benzene rings is 2. The maximum atomic E-state index is 13.7. The fourth-order valence-electron chi connectivity index (χ4n) is 2.41. The van der Waals surface area contributed by atoms with Crippen LogP contribution in [0.25, 0.3) is 0 Å². The quantitative estimate of drug-likeness (QED) is 0.915. The summed E-state index contributed by atoms with van der Waals surface area (Å²) in [6, 6.07) is 10.6. The summed E-state index contributed by atoms with van der Waals surface area (Å²) in [6.45, 7) is 1.67. The van der Waals surface area contributed by atoms with E-state index >= 15 is 0 Å². The number of carbonyl (C=O) groups is 2. The number of fused-ring (bicyclic) bond motifs is 1. The SMILES string of the molecule is C[C@@H](NC(=O)c1ccc2c(c1)NC(=O)CO2)c1ccccc1F. The largest absolute Gasteiger partial charge is 0.482 e. The van der Waals surface area contributed by atoms with Gasteiger partial charge in [-0.2, -0.15) is 0 Å². The molecule has 0 aliphatic carbocycles. The molecule has 0 unspecified atom stereocenters. The highest BCUT2D eigenvalue weighted by Gasteiger charge is 2.19. The van der Waals surface area contributed by atoms with Crippen molar-refractivity contribution in [1.82, 2.24) is 5.32 Å². The second kappa shape index (κ2) is 6.08. The van der Waals surface area contributed by atoms with Gasteiger partial charge in [-0.3, -0.25) is 9.59 Å². The first-order chi connectivity index (χ1) is 11.0. The van der Waals surface area contributed by atoms with Crippen LogP contribution >= 0.6 is 0 Å². The zero-order valence-electron chi connectivity index (χ0n) is 12.4. The topological polar surface area (TPSA) is 67.4 Å². The molecule has 2 aromatic carbocycles. The molecule has 0 spiro atoms. The molecule has 1 heterocycles. The first kappa shape index (κ1) is 15.0. The lowest BCUT2D eigenvalue weighted by atomic mass is 10.1. The maximum Gasteiger partial charge on any atom is 0.262 e. The predicted molar refractivity (Wildman–Crippen MR) is 82.8 cm³/mol. The molecule has 2 aromatic rings. The van der Waals surface area contributed by atoms with E-state index in [2.05, 4.69) is 10.6 Å². The average Bonchev–Trinajstić information content (AvgIpc) is 2.54. The number of nitrogens with one attached hydrogen (secondary N) is 2. The zero-order valence-corrected chi connectivity index (χ0v) is 12.4. The number of hydrogen-bond donors (Lipinski definition) is 2. The maximum absolute atomic E-state index is 13.7. The van der Waals surface area contributed by atoms with Gasteiger partial charge in [0.1, 0.15) is 11.6 Å². The number of halogens is 1. The Morgan fingerprint density at radius 3 is 2.87 bits per heavy atom. The summed E-state index contributed by atoms with van der Waals surface area (Å²) in [4.78, 5) is 23.6. The van der Waals surface area contributed by atoms with E-state index in [0.717, 1.165) is 0 Å². The van der Waals surface area contributed by atoms with Crippen molar-refractivity contribution < 1.29 is 18.7 Å². The Hall–Kier alpha value is -2.89. The molecule has 5 nitrogen and oxygen atoms in total. The van der Waals surface area contributed by atoms with Gasteiger partial charge in [0.25, 0.3) is 11.8 Å². The van der Waals surface area contributed by atoms with E-state index < -0.39 is 6.04 Å². The second-order valence-corrected chi connectivity index (χ2v) is 5.26. The van der Waals surface area contributed by atoms with Crippen LogP contribution in [0.4, 0.5) is 10.1 Å². The van der Waals surface area contributed by atoms with Gasteiger partial charge in [0.05, 0.1) is 11.7 Å². The molecule has 0 radical (unpaired) electrons. The lowest BCUT2D eigenvalue weighted by Crippen LogP contribution is -2.28. The van der Waals surface area contributed by atoms with Crippen molar-refractivity contribution in [2.45, 2.75) is 13.0 Å². The van der Waals surface area contributed by atoms with Crippen LogP contribution in [0.2, 0.25) is 0 Å². The minimum absolute atomic E-state index is 0.0388. The monoisotopic (exact) mass is 314 g/mol. The van der Waals surface area contributed by atoms with Crippen LogP contribution in [-0.2, 0) is 4.79 Å². The first-order valence-electron chi connectivity index (χ1n) is 7.16. The fourth-order valence-corrected chi connectivity index (χ4v) is 2.41. The molecule has 0 saturated carbocycles. The molecule has 1 aliphatic heterocycles. The van der Waals surface area contributed by atoms with Crippen LogP contribution in [-0.4, -0.2) is 18.4 Å². The van der Waals surface area contributed by atoms with Crippen molar-refractivity contribution in [3.8, 4) is 5.75 Å². The highest BCUT2D eigenvalue weighted by Crippen LogP contribution is 2.28. The molecule has 23 heavy (non-hydrogen) atoms. The summed E-state index contributed by atoms with van der Waals surface area (Å²) in [7, 11) is 0. The van der Waals surface area contributed by atoms with Crippen molar-refractivity contribution in [3.63, 3.8) is 0 Å². The summed E-state index contributed by atoms with van der Waals surface area (Å²) in [5.41, 5.74) is 1.22. The Morgan fingerprint density at radius 1 is 1.30 bits per heavy atom. The van der Waals surface area contributed by atoms with Gasteiger partial charge in [0.15, 0.2) is 6.61 Å². The molecule has 118 valence electrons. The normalized spacial score (nSPS) is 14.3. The van der Waals surface area contributed by atoms with Gasteiger partial charge >= 0.3 is 0 Å². The van der Waals surface area contributed by atoms with E-state index in [1.165, 1.54) is 12.1 Å². The van der Waals surface area contributed by atoms with E-state index in [4.69, 9.17) is 4.74 Å². The summed E-state index contributed by atoms with van der Waals surface area (Å²) in [6.07, 6.45) is 0. The average molecular weight is 314 g/mol. The van der Waals surface area contributed by atoms with Gasteiger partial charge in [-0.05, 0) is 31.2 Å². The van der Waals surface area contributed by atoms with E-state index in [-0.39, 0.29) is 24.2 Å². The number of ether oxygens (including phenoxy) is 1. The van der Waals surface area contributed by atoms with Crippen LogP contribution in [0, 0.1) is 5.82 Å². The van der Waals surface area contributed by atoms with Crippen molar-refractivity contribution in [2.24, 2.45) is 0 Å². The number of hydrogen-bond acceptors (Lipinski definition) is 3. The van der Waals surface area contributed by atoms with Gasteiger partial charge in [-0.15, -0.1) is 0 Å². The summed E-state index contributed by atoms with van der Waals surface area (Å²) in [5, 5.41) is 5.38. The smallest absolute Gasteiger partial charge is 0.262 e. The molecular formula is C17H15FN2O3. The number of amides is 2. The molecule has 2 amide bonds. The molecule has 2 N–H and O–H groups in total. The molecule has 6 heteroatoms.